The molecule has 0 N–H and O–H groups in total. The van der Waals surface area contributed by atoms with Crippen LogP contribution in [-0.2, 0) is 15.1 Å². The van der Waals surface area contributed by atoms with Crippen molar-refractivity contribution in [1.82, 2.24) is 4.98 Å². The smallest absolute Gasteiger partial charge is 0.345 e. The molecule has 0 radical (unpaired) electrons. The van der Waals surface area contributed by atoms with Crippen molar-refractivity contribution in [3.05, 3.63) is 89.1 Å². The molecule has 0 aliphatic carbocycles. The summed E-state index contributed by atoms with van der Waals surface area (Å²) >= 11 is 0. The molecule has 2 aromatic heterocycles. The van der Waals surface area contributed by atoms with Crippen molar-refractivity contribution in [2.24, 2.45) is 0 Å². The van der Waals surface area contributed by atoms with Gasteiger partial charge < -0.3 is 9.47 Å². The monoisotopic (exact) mass is 432 g/mol. The van der Waals surface area contributed by atoms with E-state index in [1.165, 1.54) is 15.0 Å². The third-order valence-corrected chi connectivity index (χ3v) is 7.30. The fraction of sp³-hybridized carbons (Fsp3) is 0.231. The number of carbonyl (C=O) groups is 1. The number of aryl methyl sites for hydroxylation is 2. The van der Waals surface area contributed by atoms with Gasteiger partial charge in [0.25, 0.3) is 0 Å². The van der Waals surface area contributed by atoms with Gasteiger partial charge in [0.05, 0.1) is 0 Å². The van der Waals surface area contributed by atoms with E-state index >= 15 is 0 Å². The highest BCUT2D eigenvalue weighted by molar-refractivity contribution is 7.43. The first-order valence-corrected chi connectivity index (χ1v) is 11.5. The fourth-order valence-electron chi connectivity index (χ4n) is 3.76. The molecule has 4 rings (SSSR count). The highest BCUT2D eigenvalue weighted by atomic mass is 32.2. The molecule has 4 aromatic rings. The highest BCUT2D eigenvalue weighted by Crippen LogP contribution is 2.42. The molecule has 158 valence electrons. The van der Waals surface area contributed by atoms with Crippen LogP contribution in [0.1, 0.15) is 30.5 Å². The van der Waals surface area contributed by atoms with Gasteiger partial charge in [0, 0.05) is 46.4 Å². The van der Waals surface area contributed by atoms with Gasteiger partial charge in [0.15, 0.2) is 16.2 Å². The molecule has 0 bridgehead atoms. The Morgan fingerprint density at radius 1 is 1.00 bits per heavy atom. The Bertz CT molecular complexity index is 1200. The molecule has 0 amide bonds. The fourth-order valence-corrected chi connectivity index (χ4v) is 5.82. The second-order valence-corrected chi connectivity index (χ2v) is 9.93. The minimum Gasteiger partial charge on any atom is -0.481 e. The van der Waals surface area contributed by atoms with E-state index in [1.54, 1.807) is 12.4 Å². The number of aromatic nitrogens is 1. The van der Waals surface area contributed by atoms with Crippen LogP contribution in [0.3, 0.4) is 0 Å². The maximum absolute atomic E-state index is 12.5. The number of benzene rings is 2. The van der Waals surface area contributed by atoms with Crippen molar-refractivity contribution >= 4 is 26.5 Å². The summed E-state index contributed by atoms with van der Waals surface area (Å²) < 4.78 is 12.9. The normalized spacial score (nSPS) is 12.1. The summed E-state index contributed by atoms with van der Waals surface area (Å²) in [4.78, 5) is 17.7. The molecule has 0 aliphatic heterocycles. The SMILES string of the molecule is Cc1cc(-[s+]2ccc3ccccc32)cc(C)c1OCC(=O)OC(C)(C)c1ccncc1. The van der Waals surface area contributed by atoms with Crippen LogP contribution in [0.25, 0.3) is 15.0 Å². The minimum atomic E-state index is -0.749. The van der Waals surface area contributed by atoms with Crippen LogP contribution < -0.4 is 4.74 Å². The van der Waals surface area contributed by atoms with E-state index in [-0.39, 0.29) is 17.1 Å². The Morgan fingerprint density at radius 3 is 2.39 bits per heavy atom. The van der Waals surface area contributed by atoms with Crippen molar-refractivity contribution in [2.45, 2.75) is 33.3 Å². The van der Waals surface area contributed by atoms with Gasteiger partial charge in [0.1, 0.15) is 16.7 Å². The highest BCUT2D eigenvalue weighted by Gasteiger charge is 2.26. The first-order valence-electron chi connectivity index (χ1n) is 10.2. The van der Waals surface area contributed by atoms with Crippen molar-refractivity contribution in [1.29, 1.82) is 0 Å². The summed E-state index contributed by atoms with van der Waals surface area (Å²) in [5.41, 5.74) is 2.17. The van der Waals surface area contributed by atoms with Crippen molar-refractivity contribution in [3.63, 3.8) is 0 Å². The number of nitrogens with zero attached hydrogens (tertiary/aromatic N) is 1. The number of rotatable bonds is 6. The lowest BCUT2D eigenvalue weighted by Gasteiger charge is -2.25. The average molecular weight is 433 g/mol. The van der Waals surface area contributed by atoms with Gasteiger partial charge in [-0.2, -0.15) is 0 Å². The summed E-state index contributed by atoms with van der Waals surface area (Å²) in [7, 11) is -0.0746. The standard InChI is InChI=1S/C26H26NO3S/c1-18-15-22(31-14-11-20-7-5-6-8-23(20)31)16-19(2)25(18)29-17-24(28)30-26(3,4)21-9-12-27-13-10-21/h5-16H,17H2,1-4H3/q+1. The van der Waals surface area contributed by atoms with Gasteiger partial charge in [-0.3, -0.25) is 4.98 Å². The van der Waals surface area contributed by atoms with Crippen LogP contribution in [0.5, 0.6) is 5.75 Å². The second kappa shape index (κ2) is 8.52. The molecular weight excluding hydrogens is 406 g/mol. The summed E-state index contributed by atoms with van der Waals surface area (Å²) in [5, 5.41) is 3.54. The number of fused-ring (bicyclic) bond motifs is 1. The average Bonchev–Trinajstić information content (AvgIpc) is 3.17. The second-order valence-electron chi connectivity index (χ2n) is 8.07. The van der Waals surface area contributed by atoms with Gasteiger partial charge >= 0.3 is 5.97 Å². The van der Waals surface area contributed by atoms with Crippen LogP contribution >= 0.6 is 10.5 Å². The third-order valence-electron chi connectivity index (χ3n) is 5.31. The number of hydrogen-bond acceptors (Lipinski definition) is 4. The number of carbonyl (C=O) groups excluding carboxylic acids is 1. The molecule has 2 aromatic carbocycles. The molecular formula is C26H26NO3S+. The van der Waals surface area contributed by atoms with Crippen LogP contribution in [-0.4, -0.2) is 17.6 Å². The maximum atomic E-state index is 12.5. The summed E-state index contributed by atoms with van der Waals surface area (Å²) in [6.07, 6.45) is 3.38. The first kappa shape index (κ1) is 21.1. The molecule has 0 spiro atoms. The number of thiophene rings is 1. The van der Waals surface area contributed by atoms with E-state index in [2.05, 4.69) is 52.8 Å². The van der Waals surface area contributed by atoms with E-state index in [4.69, 9.17) is 9.47 Å². The molecule has 1 unspecified atom stereocenters. The quantitative estimate of drug-likeness (QED) is 0.260. The van der Waals surface area contributed by atoms with Crippen molar-refractivity contribution in [3.8, 4) is 10.6 Å². The molecule has 5 heteroatoms. The Hall–Kier alpha value is -3.18. The van der Waals surface area contributed by atoms with Gasteiger partial charge in [-0.1, -0.05) is 12.1 Å². The summed E-state index contributed by atoms with van der Waals surface area (Å²) in [6.45, 7) is 7.63. The number of esters is 1. The molecule has 0 aliphatic rings. The summed E-state index contributed by atoms with van der Waals surface area (Å²) in [6, 6.07) is 18.7. The van der Waals surface area contributed by atoms with Crippen molar-refractivity contribution < 1.29 is 14.3 Å². The Balaban J connectivity index is 1.49. The van der Waals surface area contributed by atoms with Crippen LogP contribution in [0.4, 0.5) is 0 Å². The molecule has 31 heavy (non-hydrogen) atoms. The van der Waals surface area contributed by atoms with Gasteiger partial charge in [-0.25, -0.2) is 4.79 Å². The molecule has 1 atom stereocenters. The Labute approximate surface area is 185 Å². The maximum Gasteiger partial charge on any atom is 0.345 e. The number of hydrogen-bond donors (Lipinski definition) is 0. The molecule has 4 nitrogen and oxygen atoms in total. The zero-order valence-corrected chi connectivity index (χ0v) is 19.0. The van der Waals surface area contributed by atoms with Gasteiger partial charge in [-0.15, -0.1) is 0 Å². The molecule has 0 saturated heterocycles. The van der Waals surface area contributed by atoms with Gasteiger partial charge in [-0.05, 0) is 68.7 Å². The zero-order chi connectivity index (χ0) is 22.0. The lowest BCUT2D eigenvalue weighted by Crippen LogP contribution is -2.28. The van der Waals surface area contributed by atoms with E-state index in [0.29, 0.717) is 0 Å². The van der Waals surface area contributed by atoms with Crippen LogP contribution in [0.2, 0.25) is 0 Å². The minimum absolute atomic E-state index is 0.0746. The summed E-state index contributed by atoms with van der Waals surface area (Å²) in [5.74, 6) is 0.335. The number of ether oxygens (including phenoxy) is 2. The topological polar surface area (TPSA) is 48.4 Å². The molecule has 2 heterocycles. The Kier molecular flexibility index (Phi) is 5.79. The van der Waals surface area contributed by atoms with Crippen LogP contribution in [0.15, 0.2) is 72.4 Å². The van der Waals surface area contributed by atoms with E-state index in [0.717, 1.165) is 22.4 Å². The third kappa shape index (κ3) is 4.47. The predicted molar refractivity (Wildman–Crippen MR) is 126 cm³/mol. The molecule has 0 fully saturated rings. The van der Waals surface area contributed by atoms with E-state index < -0.39 is 11.6 Å². The zero-order valence-electron chi connectivity index (χ0n) is 18.2. The lowest BCUT2D eigenvalue weighted by atomic mass is 9.99. The predicted octanol–water partition coefficient (Wildman–Crippen LogP) is 6.45. The van der Waals surface area contributed by atoms with Gasteiger partial charge in [0.2, 0.25) is 0 Å². The Morgan fingerprint density at radius 2 is 1.68 bits per heavy atom. The number of pyridine rings is 1. The first-order chi connectivity index (χ1) is 14.8. The molecule has 0 saturated carbocycles. The largest absolute Gasteiger partial charge is 0.481 e. The van der Waals surface area contributed by atoms with Crippen LogP contribution in [0, 0.1) is 13.8 Å². The lowest BCUT2D eigenvalue weighted by molar-refractivity contribution is -0.159. The van der Waals surface area contributed by atoms with E-state index in [1.807, 2.05) is 39.8 Å². The van der Waals surface area contributed by atoms with Crippen molar-refractivity contribution in [2.75, 3.05) is 6.61 Å². The van der Waals surface area contributed by atoms with E-state index in [9.17, 15) is 4.79 Å².